The number of rotatable bonds is 5. The Hall–Kier alpha value is -1.75. The maximum atomic E-state index is 5.70. The summed E-state index contributed by atoms with van der Waals surface area (Å²) in [7, 11) is 3.64. The van der Waals surface area contributed by atoms with Crippen molar-refractivity contribution >= 4 is 22.8 Å². The highest BCUT2D eigenvalue weighted by Gasteiger charge is 2.09. The second-order valence-corrected chi connectivity index (χ2v) is 3.99. The number of hydrogen-bond donors (Lipinski definition) is 1. The third-order valence-corrected chi connectivity index (χ3v) is 2.57. The van der Waals surface area contributed by atoms with E-state index < -0.39 is 0 Å². The van der Waals surface area contributed by atoms with Crippen LogP contribution >= 0.6 is 0 Å². The number of ether oxygens (including phenoxy) is 1. The molecule has 5 heteroatoms. The summed E-state index contributed by atoms with van der Waals surface area (Å²) < 4.78 is 10.6. The first-order valence-electron chi connectivity index (χ1n) is 5.57. The molecule has 17 heavy (non-hydrogen) atoms. The SMILES string of the molecule is COCCCN(C)c1nc2cc(N)ccc2o1. The van der Waals surface area contributed by atoms with Gasteiger partial charge in [-0.1, -0.05) is 0 Å². The van der Waals surface area contributed by atoms with Gasteiger partial charge in [0.15, 0.2) is 5.58 Å². The summed E-state index contributed by atoms with van der Waals surface area (Å²) in [6.07, 6.45) is 0.938. The van der Waals surface area contributed by atoms with Crippen molar-refractivity contribution in [2.24, 2.45) is 0 Å². The quantitative estimate of drug-likeness (QED) is 0.633. The Morgan fingerprint density at radius 2 is 2.29 bits per heavy atom. The smallest absolute Gasteiger partial charge is 0.298 e. The third kappa shape index (κ3) is 2.68. The number of nitrogens with two attached hydrogens (primary N) is 1. The molecule has 2 aromatic rings. The van der Waals surface area contributed by atoms with Crippen molar-refractivity contribution in [3.05, 3.63) is 18.2 Å². The number of aromatic nitrogens is 1. The van der Waals surface area contributed by atoms with Crippen LogP contribution in [0.25, 0.3) is 11.1 Å². The monoisotopic (exact) mass is 235 g/mol. The van der Waals surface area contributed by atoms with Crippen molar-refractivity contribution in [3.8, 4) is 0 Å². The standard InChI is InChI=1S/C12H17N3O2/c1-15(6-3-7-16-2)12-14-10-8-9(13)4-5-11(10)17-12/h4-5,8H,3,6-7,13H2,1-2H3. The summed E-state index contributed by atoms with van der Waals surface area (Å²) >= 11 is 0. The number of methoxy groups -OCH3 is 1. The average molecular weight is 235 g/mol. The summed E-state index contributed by atoms with van der Waals surface area (Å²) in [6, 6.07) is 6.07. The minimum absolute atomic E-state index is 0.613. The fourth-order valence-electron chi connectivity index (χ4n) is 1.64. The molecule has 0 fully saturated rings. The van der Waals surface area contributed by atoms with Gasteiger partial charge in [0, 0.05) is 33.0 Å². The van der Waals surface area contributed by atoms with Gasteiger partial charge >= 0.3 is 0 Å². The van der Waals surface area contributed by atoms with E-state index in [2.05, 4.69) is 4.98 Å². The summed E-state index contributed by atoms with van der Waals surface area (Å²) in [5, 5.41) is 0. The van der Waals surface area contributed by atoms with Crippen molar-refractivity contribution < 1.29 is 9.15 Å². The van der Waals surface area contributed by atoms with E-state index in [1.807, 2.05) is 30.1 Å². The first-order chi connectivity index (χ1) is 8.20. The zero-order chi connectivity index (χ0) is 12.3. The third-order valence-electron chi connectivity index (χ3n) is 2.57. The second-order valence-electron chi connectivity index (χ2n) is 3.99. The van der Waals surface area contributed by atoms with Gasteiger partial charge in [-0.2, -0.15) is 4.98 Å². The van der Waals surface area contributed by atoms with Crippen LogP contribution in [-0.4, -0.2) is 32.3 Å². The minimum Gasteiger partial charge on any atom is -0.423 e. The van der Waals surface area contributed by atoms with E-state index in [9.17, 15) is 0 Å². The lowest BCUT2D eigenvalue weighted by Crippen LogP contribution is -2.19. The maximum absolute atomic E-state index is 5.70. The van der Waals surface area contributed by atoms with E-state index in [-0.39, 0.29) is 0 Å². The van der Waals surface area contributed by atoms with Gasteiger partial charge in [0.2, 0.25) is 0 Å². The van der Waals surface area contributed by atoms with Crippen molar-refractivity contribution in [1.29, 1.82) is 0 Å². The predicted molar refractivity (Wildman–Crippen MR) is 68.2 cm³/mol. The highest BCUT2D eigenvalue weighted by Crippen LogP contribution is 2.22. The number of nitrogens with zero attached hydrogens (tertiary/aromatic N) is 2. The number of benzene rings is 1. The van der Waals surface area contributed by atoms with Crippen LogP contribution in [0.5, 0.6) is 0 Å². The molecule has 0 radical (unpaired) electrons. The van der Waals surface area contributed by atoms with Crippen LogP contribution < -0.4 is 10.6 Å². The molecule has 0 aliphatic carbocycles. The molecule has 0 atom stereocenters. The van der Waals surface area contributed by atoms with Gasteiger partial charge < -0.3 is 19.8 Å². The van der Waals surface area contributed by atoms with Crippen LogP contribution in [0.4, 0.5) is 11.7 Å². The molecule has 2 rings (SSSR count). The minimum atomic E-state index is 0.613. The van der Waals surface area contributed by atoms with Crippen molar-refractivity contribution in [1.82, 2.24) is 4.98 Å². The van der Waals surface area contributed by atoms with Gasteiger partial charge in [-0.3, -0.25) is 0 Å². The first kappa shape index (κ1) is 11.7. The fourth-order valence-corrected chi connectivity index (χ4v) is 1.64. The molecule has 5 nitrogen and oxygen atoms in total. The highest BCUT2D eigenvalue weighted by atomic mass is 16.5. The maximum Gasteiger partial charge on any atom is 0.298 e. The zero-order valence-corrected chi connectivity index (χ0v) is 10.1. The van der Waals surface area contributed by atoms with Crippen LogP contribution in [0, 0.1) is 0 Å². The molecule has 0 spiro atoms. The number of anilines is 2. The Bertz CT molecular complexity index is 495. The van der Waals surface area contributed by atoms with Crippen molar-refractivity contribution in [2.75, 3.05) is 37.9 Å². The predicted octanol–water partition coefficient (Wildman–Crippen LogP) is 1.88. The molecule has 0 bridgehead atoms. The zero-order valence-electron chi connectivity index (χ0n) is 10.1. The van der Waals surface area contributed by atoms with Crippen molar-refractivity contribution in [3.63, 3.8) is 0 Å². The van der Waals surface area contributed by atoms with Crippen LogP contribution in [0.3, 0.4) is 0 Å². The van der Waals surface area contributed by atoms with Gasteiger partial charge in [-0.25, -0.2) is 0 Å². The molecule has 0 saturated carbocycles. The Labute approximate surface area is 100 Å². The van der Waals surface area contributed by atoms with E-state index in [0.29, 0.717) is 11.7 Å². The molecule has 92 valence electrons. The molecule has 0 aliphatic heterocycles. The van der Waals surface area contributed by atoms with Gasteiger partial charge in [-0.15, -0.1) is 0 Å². The van der Waals surface area contributed by atoms with Gasteiger partial charge in [0.1, 0.15) is 5.52 Å². The van der Waals surface area contributed by atoms with Gasteiger partial charge in [0.05, 0.1) is 0 Å². The lowest BCUT2D eigenvalue weighted by molar-refractivity contribution is 0.196. The molecule has 1 heterocycles. The van der Waals surface area contributed by atoms with E-state index in [1.165, 1.54) is 0 Å². The van der Waals surface area contributed by atoms with Gasteiger partial charge in [0.25, 0.3) is 6.01 Å². The number of fused-ring (bicyclic) bond motifs is 1. The molecule has 0 saturated heterocycles. The molecule has 0 amide bonds. The first-order valence-corrected chi connectivity index (χ1v) is 5.57. The number of oxazole rings is 1. The Balaban J connectivity index is 2.12. The second kappa shape index (κ2) is 5.05. The fraction of sp³-hybridized carbons (Fsp3) is 0.417. The van der Waals surface area contributed by atoms with E-state index in [1.54, 1.807) is 7.11 Å². The van der Waals surface area contributed by atoms with E-state index in [4.69, 9.17) is 14.9 Å². The lowest BCUT2D eigenvalue weighted by Gasteiger charge is -2.13. The lowest BCUT2D eigenvalue weighted by atomic mass is 10.3. The summed E-state index contributed by atoms with van der Waals surface area (Å²) in [5.74, 6) is 0. The Kier molecular flexibility index (Phi) is 3.49. The summed E-state index contributed by atoms with van der Waals surface area (Å²) in [5.41, 5.74) is 7.94. The molecular formula is C12H17N3O2. The summed E-state index contributed by atoms with van der Waals surface area (Å²) in [6.45, 7) is 1.58. The normalized spacial score (nSPS) is 10.9. The molecule has 0 aliphatic rings. The Morgan fingerprint density at radius 3 is 3.06 bits per heavy atom. The van der Waals surface area contributed by atoms with Gasteiger partial charge in [-0.05, 0) is 24.6 Å². The van der Waals surface area contributed by atoms with Crippen LogP contribution in [0.1, 0.15) is 6.42 Å². The highest BCUT2D eigenvalue weighted by molar-refractivity contribution is 5.78. The molecule has 1 aromatic carbocycles. The largest absolute Gasteiger partial charge is 0.423 e. The molecule has 1 aromatic heterocycles. The topological polar surface area (TPSA) is 64.5 Å². The number of hydrogen-bond acceptors (Lipinski definition) is 5. The van der Waals surface area contributed by atoms with Crippen LogP contribution in [0.15, 0.2) is 22.6 Å². The number of nitrogen functional groups attached to an aromatic ring is 1. The summed E-state index contributed by atoms with van der Waals surface area (Å²) in [4.78, 5) is 6.36. The van der Waals surface area contributed by atoms with E-state index >= 15 is 0 Å². The molecule has 0 unspecified atom stereocenters. The van der Waals surface area contributed by atoms with Crippen molar-refractivity contribution in [2.45, 2.75) is 6.42 Å². The van der Waals surface area contributed by atoms with Crippen LogP contribution in [0.2, 0.25) is 0 Å². The Morgan fingerprint density at radius 1 is 1.47 bits per heavy atom. The molecular weight excluding hydrogens is 218 g/mol. The van der Waals surface area contributed by atoms with Crippen LogP contribution in [-0.2, 0) is 4.74 Å². The average Bonchev–Trinajstić information content (AvgIpc) is 2.72. The van der Waals surface area contributed by atoms with E-state index in [0.717, 1.165) is 30.7 Å². The molecule has 2 N–H and O–H groups in total.